The van der Waals surface area contributed by atoms with Crippen LogP contribution in [0.2, 0.25) is 0 Å². The Morgan fingerprint density at radius 2 is 1.55 bits per heavy atom. The number of thioether (sulfide) groups is 2. The highest BCUT2D eigenvalue weighted by Gasteiger charge is 2.38. The summed E-state index contributed by atoms with van der Waals surface area (Å²) in [7, 11) is 1.55. The Morgan fingerprint density at radius 1 is 0.968 bits per heavy atom. The van der Waals surface area contributed by atoms with Crippen molar-refractivity contribution in [1.82, 2.24) is 0 Å². The normalized spacial score (nSPS) is 12.4. The SMILES string of the molecule is CCCCCCCCCCCCSC(=S)SCC(C(=O)OCCOC)C(C)(C)OC=O. The molecule has 1 unspecified atom stereocenters. The molecule has 0 rings (SSSR count). The summed E-state index contributed by atoms with van der Waals surface area (Å²) in [5.41, 5.74) is -0.963. The van der Waals surface area contributed by atoms with E-state index in [9.17, 15) is 9.59 Å². The molecular weight excluding hydrogens is 452 g/mol. The quantitative estimate of drug-likeness (QED) is 0.0832. The molecule has 5 nitrogen and oxygen atoms in total. The van der Waals surface area contributed by atoms with Crippen molar-refractivity contribution in [2.75, 3.05) is 31.8 Å². The van der Waals surface area contributed by atoms with E-state index in [0.29, 0.717) is 18.8 Å². The van der Waals surface area contributed by atoms with Crippen molar-refractivity contribution < 1.29 is 23.8 Å². The van der Waals surface area contributed by atoms with E-state index < -0.39 is 17.5 Å². The number of rotatable bonds is 20. The van der Waals surface area contributed by atoms with Gasteiger partial charge >= 0.3 is 5.97 Å². The summed E-state index contributed by atoms with van der Waals surface area (Å²) in [6, 6.07) is 0. The van der Waals surface area contributed by atoms with Crippen LogP contribution in [0.15, 0.2) is 0 Å². The van der Waals surface area contributed by atoms with Crippen molar-refractivity contribution in [3.63, 3.8) is 0 Å². The molecular formula is C23H42O5S3. The van der Waals surface area contributed by atoms with Crippen LogP contribution >= 0.6 is 35.7 Å². The second kappa shape index (κ2) is 20.3. The van der Waals surface area contributed by atoms with Crippen molar-refractivity contribution >= 4 is 51.7 Å². The van der Waals surface area contributed by atoms with Gasteiger partial charge in [0.1, 0.15) is 21.7 Å². The van der Waals surface area contributed by atoms with Gasteiger partial charge in [-0.1, -0.05) is 76.9 Å². The zero-order valence-corrected chi connectivity index (χ0v) is 22.3. The minimum absolute atomic E-state index is 0.172. The number of unbranched alkanes of at least 4 members (excludes halogenated alkanes) is 9. The van der Waals surface area contributed by atoms with Crippen LogP contribution in [0.5, 0.6) is 0 Å². The standard InChI is InChI=1S/C23H42O5S3/c1-5-6-7-8-9-10-11-12-13-14-17-30-22(29)31-18-20(23(2,3)28-19-24)21(25)27-16-15-26-4/h19-20H,5-18H2,1-4H3. The Bertz CT molecular complexity index is 486. The van der Waals surface area contributed by atoms with Crippen molar-refractivity contribution in [3.8, 4) is 0 Å². The fourth-order valence-electron chi connectivity index (χ4n) is 3.02. The second-order valence-electron chi connectivity index (χ2n) is 8.12. The van der Waals surface area contributed by atoms with Gasteiger partial charge in [0.25, 0.3) is 6.47 Å². The van der Waals surface area contributed by atoms with Gasteiger partial charge in [0.15, 0.2) is 0 Å². The monoisotopic (exact) mass is 494 g/mol. The summed E-state index contributed by atoms with van der Waals surface area (Å²) < 4.78 is 16.1. The van der Waals surface area contributed by atoms with E-state index in [1.807, 2.05) is 0 Å². The molecule has 1 atom stereocenters. The number of esters is 1. The fraction of sp³-hybridized carbons (Fsp3) is 0.870. The van der Waals surface area contributed by atoms with E-state index in [1.54, 1.807) is 32.7 Å². The lowest BCUT2D eigenvalue weighted by Gasteiger charge is -2.30. The third-order valence-corrected chi connectivity index (χ3v) is 7.97. The first kappa shape index (κ1) is 30.7. The van der Waals surface area contributed by atoms with Gasteiger partial charge in [-0.15, -0.1) is 23.5 Å². The van der Waals surface area contributed by atoms with Gasteiger partial charge in [-0.25, -0.2) is 0 Å². The van der Waals surface area contributed by atoms with Crippen LogP contribution in [0, 0.1) is 5.92 Å². The van der Waals surface area contributed by atoms with Gasteiger partial charge in [0, 0.05) is 12.9 Å². The first-order chi connectivity index (χ1) is 14.9. The van der Waals surface area contributed by atoms with E-state index in [4.69, 9.17) is 26.4 Å². The van der Waals surface area contributed by atoms with Gasteiger partial charge in [-0.3, -0.25) is 9.59 Å². The maximum Gasteiger partial charge on any atom is 0.313 e. The van der Waals surface area contributed by atoms with Crippen LogP contribution in [0.4, 0.5) is 0 Å². The highest BCUT2D eigenvalue weighted by molar-refractivity contribution is 8.47. The molecule has 0 aromatic carbocycles. The number of hydrogen-bond acceptors (Lipinski definition) is 8. The minimum atomic E-state index is -0.963. The molecule has 0 aliphatic rings. The van der Waals surface area contributed by atoms with E-state index in [1.165, 1.54) is 69.5 Å². The number of ether oxygens (including phenoxy) is 3. The summed E-state index contributed by atoms with van der Waals surface area (Å²) in [5.74, 6) is 0.407. The molecule has 0 aliphatic heterocycles. The molecule has 0 saturated carbocycles. The predicted octanol–water partition coefficient (Wildman–Crippen LogP) is 6.42. The Balaban J connectivity index is 4.08. The van der Waals surface area contributed by atoms with Gasteiger partial charge < -0.3 is 14.2 Å². The summed E-state index contributed by atoms with van der Waals surface area (Å²) >= 11 is 8.58. The average Bonchev–Trinajstić information content (AvgIpc) is 2.72. The van der Waals surface area contributed by atoms with Crippen LogP contribution in [0.25, 0.3) is 0 Å². The van der Waals surface area contributed by atoms with Crippen molar-refractivity contribution in [2.45, 2.75) is 90.6 Å². The molecule has 0 spiro atoms. The van der Waals surface area contributed by atoms with E-state index in [2.05, 4.69) is 6.92 Å². The smallest absolute Gasteiger partial charge is 0.313 e. The maximum absolute atomic E-state index is 12.5. The Hall–Kier alpha value is -0.310. The molecule has 8 heteroatoms. The lowest BCUT2D eigenvalue weighted by atomic mass is 9.92. The molecule has 0 heterocycles. The lowest BCUT2D eigenvalue weighted by Crippen LogP contribution is -2.42. The largest absolute Gasteiger partial charge is 0.463 e. The average molecular weight is 495 g/mol. The van der Waals surface area contributed by atoms with Crippen LogP contribution in [-0.2, 0) is 23.8 Å². The zero-order chi connectivity index (χ0) is 23.4. The van der Waals surface area contributed by atoms with E-state index in [-0.39, 0.29) is 6.61 Å². The van der Waals surface area contributed by atoms with Crippen LogP contribution in [0.1, 0.15) is 85.0 Å². The molecule has 0 fully saturated rings. The van der Waals surface area contributed by atoms with Crippen LogP contribution in [-0.4, -0.2) is 53.4 Å². The summed E-state index contributed by atoms with van der Waals surface area (Å²) in [5, 5.41) is 0. The fourth-order valence-corrected chi connectivity index (χ4v) is 5.62. The highest BCUT2D eigenvalue weighted by Crippen LogP contribution is 2.29. The highest BCUT2D eigenvalue weighted by atomic mass is 32.2. The topological polar surface area (TPSA) is 61.8 Å². The number of carbonyl (C=O) groups excluding carboxylic acids is 2. The minimum Gasteiger partial charge on any atom is -0.463 e. The van der Waals surface area contributed by atoms with Crippen molar-refractivity contribution in [1.29, 1.82) is 0 Å². The third kappa shape index (κ3) is 16.9. The molecule has 182 valence electrons. The molecule has 0 N–H and O–H groups in total. The summed E-state index contributed by atoms with van der Waals surface area (Å²) in [6.07, 6.45) is 13.2. The van der Waals surface area contributed by atoms with Crippen LogP contribution < -0.4 is 0 Å². The summed E-state index contributed by atoms with van der Waals surface area (Å²) in [6.45, 7) is 6.55. The first-order valence-corrected chi connectivity index (χ1v) is 13.8. The van der Waals surface area contributed by atoms with Crippen molar-refractivity contribution in [3.05, 3.63) is 0 Å². The Labute approximate surface area is 203 Å². The molecule has 0 bridgehead atoms. The molecule has 31 heavy (non-hydrogen) atoms. The van der Waals surface area contributed by atoms with E-state index >= 15 is 0 Å². The Kier molecular flexibility index (Phi) is 20.1. The Morgan fingerprint density at radius 3 is 2.10 bits per heavy atom. The van der Waals surface area contributed by atoms with Crippen molar-refractivity contribution in [2.24, 2.45) is 5.92 Å². The third-order valence-electron chi connectivity index (χ3n) is 5.09. The predicted molar refractivity (Wildman–Crippen MR) is 137 cm³/mol. The molecule has 0 aromatic heterocycles. The van der Waals surface area contributed by atoms with Gasteiger partial charge in [0.05, 0.1) is 6.61 Å². The number of thiocarbonyl (C=S) groups is 1. The molecule has 0 amide bonds. The van der Waals surface area contributed by atoms with Gasteiger partial charge in [-0.2, -0.15) is 0 Å². The van der Waals surface area contributed by atoms with Gasteiger partial charge in [-0.05, 0) is 26.0 Å². The first-order valence-electron chi connectivity index (χ1n) is 11.5. The maximum atomic E-state index is 12.5. The number of methoxy groups -OCH3 is 1. The number of carbonyl (C=O) groups is 2. The second-order valence-corrected chi connectivity index (χ2v) is 11.4. The van der Waals surface area contributed by atoms with E-state index in [0.717, 1.165) is 15.7 Å². The van der Waals surface area contributed by atoms with Crippen LogP contribution in [0.3, 0.4) is 0 Å². The molecule has 0 aliphatic carbocycles. The lowest BCUT2D eigenvalue weighted by molar-refractivity contribution is -0.163. The van der Waals surface area contributed by atoms with Gasteiger partial charge in [0.2, 0.25) is 0 Å². The summed E-state index contributed by atoms with van der Waals surface area (Å²) in [4.78, 5) is 23.3. The number of hydrogen-bond donors (Lipinski definition) is 0. The molecule has 0 radical (unpaired) electrons. The molecule has 0 saturated heterocycles. The molecule has 0 aromatic rings. The zero-order valence-electron chi connectivity index (χ0n) is 19.8.